The lowest BCUT2D eigenvalue weighted by Crippen LogP contribution is -2.42. The zero-order valence-electron chi connectivity index (χ0n) is 15.9. The highest BCUT2D eigenvalue weighted by molar-refractivity contribution is 6.11. The Morgan fingerprint density at radius 3 is 2.60 bits per heavy atom. The first-order valence-corrected chi connectivity index (χ1v) is 9.76. The Kier molecular flexibility index (Phi) is 3.56. The number of anilines is 1. The Hall–Kier alpha value is -3.61. The number of hydrogen-bond donors (Lipinski definition) is 0. The maximum absolute atomic E-state index is 14.3. The van der Waals surface area contributed by atoms with Crippen LogP contribution in [0.15, 0.2) is 54.7 Å². The monoisotopic (exact) mass is 404 g/mol. The van der Waals surface area contributed by atoms with Crippen molar-refractivity contribution in [1.82, 2.24) is 4.98 Å². The smallest absolute Gasteiger partial charge is 0.246 e. The number of para-hydroxylation sites is 1. The average Bonchev–Trinajstić information content (AvgIpc) is 3.26. The number of amides is 1. The minimum atomic E-state index is -1.01. The second-order valence-electron chi connectivity index (χ2n) is 7.53. The standard InChI is InChI=1S/C23H17FN2O4/c24-16-5-3-7-25-17(16)12-26-18-6-2-1-4-14(18)23(22(26)27)13-30-19-11-21-20(10-15(19)23)28-8-9-29-21/h1-7,10-11H,8-9,12-13H2. The van der Waals surface area contributed by atoms with Crippen molar-refractivity contribution in [3.63, 3.8) is 0 Å². The zero-order valence-corrected chi connectivity index (χ0v) is 15.9. The van der Waals surface area contributed by atoms with Crippen LogP contribution in [0.1, 0.15) is 16.8 Å². The molecule has 7 heteroatoms. The molecule has 30 heavy (non-hydrogen) atoms. The van der Waals surface area contributed by atoms with Crippen LogP contribution in [-0.2, 0) is 16.8 Å². The van der Waals surface area contributed by atoms with Crippen LogP contribution >= 0.6 is 0 Å². The van der Waals surface area contributed by atoms with Gasteiger partial charge in [-0.3, -0.25) is 9.78 Å². The quantitative estimate of drug-likeness (QED) is 0.657. The van der Waals surface area contributed by atoms with E-state index in [1.165, 1.54) is 18.3 Å². The van der Waals surface area contributed by atoms with E-state index in [1.54, 1.807) is 11.0 Å². The maximum Gasteiger partial charge on any atom is 0.246 e. The number of rotatable bonds is 2. The third kappa shape index (κ3) is 2.23. The summed E-state index contributed by atoms with van der Waals surface area (Å²) < 4.78 is 31.7. The fraction of sp³-hybridized carbons (Fsp3) is 0.217. The van der Waals surface area contributed by atoms with Crippen LogP contribution in [0.2, 0.25) is 0 Å². The molecule has 1 spiro atoms. The number of benzene rings is 2. The first kappa shape index (κ1) is 17.3. The Morgan fingerprint density at radius 1 is 0.967 bits per heavy atom. The minimum absolute atomic E-state index is 0.0458. The van der Waals surface area contributed by atoms with Gasteiger partial charge in [-0.1, -0.05) is 18.2 Å². The van der Waals surface area contributed by atoms with Crippen molar-refractivity contribution < 1.29 is 23.4 Å². The maximum atomic E-state index is 14.3. The molecule has 0 fully saturated rings. The van der Waals surface area contributed by atoms with Crippen LogP contribution in [0.3, 0.4) is 0 Å². The summed E-state index contributed by atoms with van der Waals surface area (Å²) in [5.74, 6) is 1.22. The average molecular weight is 404 g/mol. The van der Waals surface area contributed by atoms with Crippen LogP contribution < -0.4 is 19.1 Å². The summed E-state index contributed by atoms with van der Waals surface area (Å²) >= 11 is 0. The molecule has 3 aliphatic rings. The largest absolute Gasteiger partial charge is 0.491 e. The number of carbonyl (C=O) groups excluding carboxylic acids is 1. The van der Waals surface area contributed by atoms with E-state index in [4.69, 9.17) is 14.2 Å². The van der Waals surface area contributed by atoms with Crippen LogP contribution in [0, 0.1) is 5.82 Å². The molecule has 0 radical (unpaired) electrons. The highest BCUT2D eigenvalue weighted by Gasteiger charge is 2.57. The van der Waals surface area contributed by atoms with E-state index < -0.39 is 11.2 Å². The van der Waals surface area contributed by atoms with Crippen LogP contribution in [0.25, 0.3) is 0 Å². The lowest BCUT2D eigenvalue weighted by atomic mass is 9.77. The molecule has 0 saturated heterocycles. The lowest BCUT2D eigenvalue weighted by molar-refractivity contribution is -0.122. The van der Waals surface area contributed by atoms with Crippen molar-refractivity contribution in [2.75, 3.05) is 24.7 Å². The molecule has 6 rings (SSSR count). The van der Waals surface area contributed by atoms with Crippen LogP contribution in [0.4, 0.5) is 10.1 Å². The summed E-state index contributed by atoms with van der Waals surface area (Å²) in [7, 11) is 0. The summed E-state index contributed by atoms with van der Waals surface area (Å²) in [5.41, 5.74) is 1.53. The van der Waals surface area contributed by atoms with Crippen LogP contribution in [0.5, 0.6) is 17.2 Å². The third-order valence-electron chi connectivity index (χ3n) is 5.96. The van der Waals surface area contributed by atoms with Gasteiger partial charge in [0, 0.05) is 23.5 Å². The number of nitrogens with zero attached hydrogens (tertiary/aromatic N) is 2. The molecule has 2 aromatic carbocycles. The van der Waals surface area contributed by atoms with Gasteiger partial charge >= 0.3 is 0 Å². The van der Waals surface area contributed by atoms with Crippen molar-refractivity contribution in [2.24, 2.45) is 0 Å². The predicted molar refractivity (Wildman–Crippen MR) is 106 cm³/mol. The Labute approximate surface area is 171 Å². The van der Waals surface area contributed by atoms with E-state index in [2.05, 4.69) is 4.98 Å². The number of pyridine rings is 1. The summed E-state index contributed by atoms with van der Waals surface area (Å²) in [4.78, 5) is 19.6. The van der Waals surface area contributed by atoms with E-state index in [1.807, 2.05) is 30.3 Å². The number of ether oxygens (including phenoxy) is 3. The van der Waals surface area contributed by atoms with Crippen molar-refractivity contribution in [3.8, 4) is 17.2 Å². The molecule has 3 aliphatic heterocycles. The second kappa shape index (κ2) is 6.19. The molecule has 1 unspecified atom stereocenters. The van der Waals surface area contributed by atoms with Gasteiger partial charge in [-0.2, -0.15) is 0 Å². The molecule has 0 saturated carbocycles. The molecule has 0 N–H and O–H groups in total. The molecule has 6 nitrogen and oxygen atoms in total. The fourth-order valence-electron chi connectivity index (χ4n) is 4.55. The summed E-state index contributed by atoms with van der Waals surface area (Å²) in [5, 5.41) is 0. The fourth-order valence-corrected chi connectivity index (χ4v) is 4.55. The van der Waals surface area contributed by atoms with Gasteiger partial charge in [0.25, 0.3) is 0 Å². The Morgan fingerprint density at radius 2 is 1.77 bits per heavy atom. The molecule has 150 valence electrons. The van der Waals surface area contributed by atoms with E-state index in [-0.39, 0.29) is 24.8 Å². The van der Waals surface area contributed by atoms with Gasteiger partial charge in [-0.25, -0.2) is 4.39 Å². The topological polar surface area (TPSA) is 60.9 Å². The molecule has 1 amide bonds. The molecule has 4 heterocycles. The van der Waals surface area contributed by atoms with Crippen molar-refractivity contribution in [1.29, 1.82) is 0 Å². The first-order valence-electron chi connectivity index (χ1n) is 9.76. The van der Waals surface area contributed by atoms with Gasteiger partial charge < -0.3 is 19.1 Å². The van der Waals surface area contributed by atoms with Gasteiger partial charge in [0.1, 0.15) is 36.8 Å². The number of aromatic nitrogens is 1. The molecule has 1 atom stereocenters. The summed E-state index contributed by atoms with van der Waals surface area (Å²) in [6.45, 7) is 1.14. The Bertz CT molecular complexity index is 1200. The van der Waals surface area contributed by atoms with E-state index in [0.717, 1.165) is 16.8 Å². The summed E-state index contributed by atoms with van der Waals surface area (Å²) in [6.07, 6.45) is 1.53. The molecule has 0 aliphatic carbocycles. The molecular formula is C23H17FN2O4. The molecule has 1 aromatic heterocycles. The molecular weight excluding hydrogens is 387 g/mol. The number of halogens is 1. The molecule has 0 bridgehead atoms. The third-order valence-corrected chi connectivity index (χ3v) is 5.96. The van der Waals surface area contributed by atoms with Crippen molar-refractivity contribution in [2.45, 2.75) is 12.0 Å². The predicted octanol–water partition coefficient (Wildman–Crippen LogP) is 3.22. The highest BCUT2D eigenvalue weighted by atomic mass is 19.1. The van der Waals surface area contributed by atoms with Gasteiger partial charge in [0.2, 0.25) is 5.91 Å². The van der Waals surface area contributed by atoms with Crippen LogP contribution in [-0.4, -0.2) is 30.7 Å². The Balaban J connectivity index is 1.50. The van der Waals surface area contributed by atoms with E-state index >= 15 is 0 Å². The van der Waals surface area contributed by atoms with Gasteiger partial charge in [0.05, 0.1) is 12.2 Å². The normalized spacial score (nSPS) is 20.8. The number of hydrogen-bond acceptors (Lipinski definition) is 5. The minimum Gasteiger partial charge on any atom is -0.491 e. The van der Waals surface area contributed by atoms with Crippen molar-refractivity contribution in [3.05, 3.63) is 77.4 Å². The molecule has 3 aromatic rings. The van der Waals surface area contributed by atoms with Gasteiger partial charge in [-0.15, -0.1) is 0 Å². The lowest BCUT2D eigenvalue weighted by Gasteiger charge is -2.24. The van der Waals surface area contributed by atoms with E-state index in [0.29, 0.717) is 30.5 Å². The highest BCUT2D eigenvalue weighted by Crippen LogP contribution is 2.54. The number of carbonyl (C=O) groups is 1. The number of fused-ring (bicyclic) bond motifs is 5. The van der Waals surface area contributed by atoms with Gasteiger partial charge in [-0.05, 0) is 29.8 Å². The zero-order chi connectivity index (χ0) is 20.3. The summed E-state index contributed by atoms with van der Waals surface area (Å²) in [6, 6.07) is 14.1. The van der Waals surface area contributed by atoms with Gasteiger partial charge in [0.15, 0.2) is 11.5 Å². The second-order valence-corrected chi connectivity index (χ2v) is 7.53. The first-order chi connectivity index (χ1) is 14.7. The van der Waals surface area contributed by atoms with Crippen molar-refractivity contribution >= 4 is 11.6 Å². The van der Waals surface area contributed by atoms with E-state index in [9.17, 15) is 9.18 Å². The SMILES string of the molecule is O=C1N(Cc2ncccc2F)c2ccccc2C12COc1cc3c(cc12)OCCO3.